The van der Waals surface area contributed by atoms with Crippen LogP contribution >= 0.6 is 0 Å². The normalized spacial score (nSPS) is 18.1. The zero-order valence-corrected chi connectivity index (χ0v) is 22.1. The standard InChI is InChI=1S/C30H27N5O6/c1-2-30(40)22-12-25-26-20(14-35(25)28(38)21(22)15-41-29(30)39)19(18-5-3-4-6-24(18)33-26)13-32-34-27(37)23(31)11-16-7-9-17(36)10-8-16/h3-10,12-13,23,36,40H,2,11,14-15,31H2,1H3,(H,34,37). The van der Waals surface area contributed by atoms with E-state index in [1.807, 2.05) is 24.3 Å². The van der Waals surface area contributed by atoms with Crippen molar-refractivity contribution in [2.75, 3.05) is 0 Å². The van der Waals surface area contributed by atoms with Gasteiger partial charge in [0.05, 0.1) is 41.3 Å². The molecule has 0 fully saturated rings. The Kier molecular flexibility index (Phi) is 6.40. The van der Waals surface area contributed by atoms with Crippen LogP contribution in [0.4, 0.5) is 0 Å². The van der Waals surface area contributed by atoms with Crippen LogP contribution in [0, 0.1) is 0 Å². The van der Waals surface area contributed by atoms with Crippen molar-refractivity contribution in [3.8, 4) is 17.1 Å². The molecule has 11 heteroatoms. The fourth-order valence-electron chi connectivity index (χ4n) is 5.43. The van der Waals surface area contributed by atoms with Crippen LogP contribution in [-0.4, -0.2) is 43.9 Å². The second-order valence-electron chi connectivity index (χ2n) is 10.2. The molecule has 5 N–H and O–H groups in total. The number of aliphatic hydroxyl groups is 1. The molecule has 2 atom stereocenters. The largest absolute Gasteiger partial charge is 0.508 e. The van der Waals surface area contributed by atoms with Gasteiger partial charge >= 0.3 is 5.97 Å². The Hall–Kier alpha value is -4.87. The molecule has 6 rings (SSSR count). The van der Waals surface area contributed by atoms with Gasteiger partial charge in [-0.2, -0.15) is 5.10 Å². The lowest BCUT2D eigenvalue weighted by atomic mass is 9.86. The number of phenols is 1. The van der Waals surface area contributed by atoms with Crippen LogP contribution in [-0.2, 0) is 39.5 Å². The summed E-state index contributed by atoms with van der Waals surface area (Å²) in [6.45, 7) is 1.62. The Bertz CT molecular complexity index is 1810. The van der Waals surface area contributed by atoms with E-state index >= 15 is 0 Å². The number of cyclic esters (lactones) is 1. The van der Waals surface area contributed by atoms with Crippen molar-refractivity contribution in [3.05, 3.63) is 92.8 Å². The molecule has 4 heterocycles. The highest BCUT2D eigenvalue weighted by Crippen LogP contribution is 2.39. The van der Waals surface area contributed by atoms with Gasteiger partial charge in [-0.05, 0) is 42.7 Å². The van der Waals surface area contributed by atoms with E-state index in [0.29, 0.717) is 28.0 Å². The summed E-state index contributed by atoms with van der Waals surface area (Å²) in [5, 5.41) is 25.5. The molecular weight excluding hydrogens is 526 g/mol. The van der Waals surface area contributed by atoms with E-state index in [1.54, 1.807) is 29.7 Å². The topological polar surface area (TPSA) is 169 Å². The number of ether oxygens (including phenoxy) is 1. The number of para-hydroxylation sites is 1. The molecule has 41 heavy (non-hydrogen) atoms. The molecule has 0 aliphatic carbocycles. The average Bonchev–Trinajstić information content (AvgIpc) is 3.34. The fourth-order valence-corrected chi connectivity index (χ4v) is 5.43. The molecule has 2 aromatic heterocycles. The lowest BCUT2D eigenvalue weighted by Gasteiger charge is -2.31. The van der Waals surface area contributed by atoms with Crippen LogP contribution in [0.15, 0.2) is 64.5 Å². The van der Waals surface area contributed by atoms with E-state index in [0.717, 1.165) is 10.9 Å². The third-order valence-corrected chi connectivity index (χ3v) is 7.74. The first-order chi connectivity index (χ1) is 19.7. The third kappa shape index (κ3) is 4.35. The lowest BCUT2D eigenvalue weighted by molar-refractivity contribution is -0.172. The van der Waals surface area contributed by atoms with E-state index in [9.17, 15) is 24.6 Å². The summed E-state index contributed by atoms with van der Waals surface area (Å²) in [5.41, 5.74) is 10.6. The molecule has 1 amide bonds. The van der Waals surface area contributed by atoms with Gasteiger partial charge in [0.15, 0.2) is 5.60 Å². The van der Waals surface area contributed by atoms with E-state index < -0.39 is 23.5 Å². The van der Waals surface area contributed by atoms with Crippen LogP contribution in [0.3, 0.4) is 0 Å². The molecule has 4 aromatic rings. The number of carbonyl (C=O) groups is 2. The molecule has 208 valence electrons. The number of rotatable bonds is 6. The number of hydrogen-bond donors (Lipinski definition) is 4. The first kappa shape index (κ1) is 26.4. The van der Waals surface area contributed by atoms with Gasteiger partial charge in [0, 0.05) is 22.1 Å². The van der Waals surface area contributed by atoms with Crippen LogP contribution in [0.5, 0.6) is 5.75 Å². The third-order valence-electron chi connectivity index (χ3n) is 7.74. The SMILES string of the molecule is CCC1(O)C(=O)OCc2c1cc1n(c2=O)Cc2c-1nc1ccccc1c2C=NNC(=O)C(N)Cc1ccc(O)cc1. The Morgan fingerprint density at radius 3 is 2.73 bits per heavy atom. The van der Waals surface area contributed by atoms with Crippen molar-refractivity contribution in [1.82, 2.24) is 15.0 Å². The maximum absolute atomic E-state index is 13.6. The number of aromatic hydroxyl groups is 1. The predicted molar refractivity (Wildman–Crippen MR) is 150 cm³/mol. The van der Waals surface area contributed by atoms with Crippen molar-refractivity contribution in [1.29, 1.82) is 0 Å². The highest BCUT2D eigenvalue weighted by molar-refractivity contribution is 6.02. The lowest BCUT2D eigenvalue weighted by Crippen LogP contribution is -2.44. The highest BCUT2D eigenvalue weighted by atomic mass is 16.6. The minimum Gasteiger partial charge on any atom is -0.508 e. The first-order valence-corrected chi connectivity index (χ1v) is 13.2. The Labute approximate surface area is 233 Å². The van der Waals surface area contributed by atoms with Gasteiger partial charge in [0.25, 0.3) is 11.5 Å². The molecule has 0 saturated carbocycles. The monoisotopic (exact) mass is 553 g/mol. The summed E-state index contributed by atoms with van der Waals surface area (Å²) in [4.78, 5) is 43.5. The molecule has 0 radical (unpaired) electrons. The van der Waals surface area contributed by atoms with Gasteiger partial charge in [-0.3, -0.25) is 9.59 Å². The minimum atomic E-state index is -1.92. The molecular formula is C30H27N5O6. The molecule has 0 saturated heterocycles. The second-order valence-corrected chi connectivity index (χ2v) is 10.2. The first-order valence-electron chi connectivity index (χ1n) is 13.2. The van der Waals surface area contributed by atoms with Crippen molar-refractivity contribution in [2.24, 2.45) is 10.8 Å². The number of esters is 1. The quantitative estimate of drug-likeness (QED) is 0.140. The van der Waals surface area contributed by atoms with E-state index in [2.05, 4.69) is 10.5 Å². The molecule has 2 aliphatic heterocycles. The summed E-state index contributed by atoms with van der Waals surface area (Å²) in [7, 11) is 0. The zero-order chi connectivity index (χ0) is 28.9. The Morgan fingerprint density at radius 1 is 1.22 bits per heavy atom. The van der Waals surface area contributed by atoms with Crippen molar-refractivity contribution < 1.29 is 24.5 Å². The Balaban J connectivity index is 1.36. The predicted octanol–water partition coefficient (Wildman–Crippen LogP) is 1.81. The van der Waals surface area contributed by atoms with Gasteiger partial charge in [-0.15, -0.1) is 0 Å². The van der Waals surface area contributed by atoms with E-state index in [1.165, 1.54) is 18.3 Å². The summed E-state index contributed by atoms with van der Waals surface area (Å²) >= 11 is 0. The maximum Gasteiger partial charge on any atom is 0.343 e. The molecule has 2 unspecified atom stereocenters. The Morgan fingerprint density at radius 2 is 1.98 bits per heavy atom. The number of nitrogens with two attached hydrogens (primary N) is 1. The number of carbonyl (C=O) groups excluding carboxylic acids is 2. The number of amides is 1. The highest BCUT2D eigenvalue weighted by Gasteiger charge is 2.45. The second kappa shape index (κ2) is 9.95. The van der Waals surface area contributed by atoms with Crippen molar-refractivity contribution in [3.63, 3.8) is 0 Å². The number of pyridine rings is 2. The minimum absolute atomic E-state index is 0.0478. The molecule has 0 spiro atoms. The van der Waals surface area contributed by atoms with E-state index in [-0.39, 0.29) is 48.4 Å². The van der Waals surface area contributed by atoms with Crippen LogP contribution < -0.4 is 16.7 Å². The number of hydrogen-bond acceptors (Lipinski definition) is 9. The number of fused-ring (bicyclic) bond motifs is 5. The number of benzene rings is 2. The van der Waals surface area contributed by atoms with Crippen LogP contribution in [0.1, 0.15) is 41.2 Å². The summed E-state index contributed by atoms with van der Waals surface area (Å²) < 4.78 is 6.70. The summed E-state index contributed by atoms with van der Waals surface area (Å²) in [6.07, 6.45) is 1.82. The number of aromatic nitrogens is 2. The van der Waals surface area contributed by atoms with Gasteiger partial charge in [-0.25, -0.2) is 15.2 Å². The smallest absolute Gasteiger partial charge is 0.343 e. The van der Waals surface area contributed by atoms with Gasteiger partial charge in [0.1, 0.15) is 12.4 Å². The van der Waals surface area contributed by atoms with Crippen molar-refractivity contribution in [2.45, 2.75) is 44.6 Å². The number of nitrogens with one attached hydrogen (secondary N) is 1. The van der Waals surface area contributed by atoms with Crippen LogP contribution in [0.2, 0.25) is 0 Å². The number of phenolic OH excluding ortho intramolecular Hbond substituents is 1. The number of hydrazone groups is 1. The number of nitrogens with zero attached hydrogens (tertiary/aromatic N) is 3. The van der Waals surface area contributed by atoms with Gasteiger partial charge < -0.3 is 25.3 Å². The fraction of sp³-hybridized carbons (Fsp3) is 0.233. The summed E-state index contributed by atoms with van der Waals surface area (Å²) in [6, 6.07) is 14.6. The van der Waals surface area contributed by atoms with Crippen molar-refractivity contribution >= 4 is 29.0 Å². The average molecular weight is 554 g/mol. The van der Waals surface area contributed by atoms with Gasteiger partial charge in [0.2, 0.25) is 0 Å². The molecule has 2 aromatic carbocycles. The maximum atomic E-state index is 13.6. The molecule has 2 aliphatic rings. The molecule has 11 nitrogen and oxygen atoms in total. The van der Waals surface area contributed by atoms with Crippen LogP contribution in [0.25, 0.3) is 22.3 Å². The van der Waals surface area contributed by atoms with Gasteiger partial charge in [-0.1, -0.05) is 37.3 Å². The molecule has 0 bridgehead atoms. The zero-order valence-electron chi connectivity index (χ0n) is 22.1. The van der Waals surface area contributed by atoms with E-state index in [4.69, 9.17) is 15.5 Å². The summed E-state index contributed by atoms with van der Waals surface area (Å²) in [5.74, 6) is -1.14.